The summed E-state index contributed by atoms with van der Waals surface area (Å²) in [7, 11) is 0. The Morgan fingerprint density at radius 1 is 0.360 bits per heavy atom. The van der Waals surface area contributed by atoms with Gasteiger partial charge in [0.2, 0.25) is 0 Å². The van der Waals surface area contributed by atoms with Crippen molar-refractivity contribution in [1.82, 2.24) is 4.57 Å². The van der Waals surface area contributed by atoms with Gasteiger partial charge in [-0.3, -0.25) is 0 Å². The maximum Gasteiger partial charge on any atom is 0.0618 e. The van der Waals surface area contributed by atoms with Crippen LogP contribution in [-0.2, 0) is 5.41 Å². The first-order valence-electron chi connectivity index (χ1n) is 27.6. The third-order valence-corrected chi connectivity index (χ3v) is 17.5. The van der Waals surface area contributed by atoms with Gasteiger partial charge in [-0.15, -0.1) is 0 Å². The first-order chi connectivity index (χ1) is 36.9. The van der Waals surface area contributed by atoms with Gasteiger partial charge in [0.25, 0.3) is 0 Å². The second-order valence-electron chi connectivity index (χ2n) is 22.2. The molecule has 10 aromatic carbocycles. The molecule has 2 nitrogen and oxygen atoms in total. The second kappa shape index (κ2) is 18.6. The lowest BCUT2D eigenvalue weighted by Gasteiger charge is -2.32. The Balaban J connectivity index is 0.810. The zero-order valence-electron chi connectivity index (χ0n) is 43.1. The summed E-state index contributed by atoms with van der Waals surface area (Å²) in [6, 6.07) is 86.9. The minimum Gasteiger partial charge on any atom is -0.309 e. The molecular formula is C73H62N2. The van der Waals surface area contributed by atoms with Crippen LogP contribution in [0.15, 0.2) is 231 Å². The van der Waals surface area contributed by atoms with Gasteiger partial charge in [0, 0.05) is 44.4 Å². The number of anilines is 3. The van der Waals surface area contributed by atoms with Gasteiger partial charge in [0.15, 0.2) is 0 Å². The van der Waals surface area contributed by atoms with E-state index in [-0.39, 0.29) is 5.41 Å². The van der Waals surface area contributed by atoms with Crippen LogP contribution in [-0.4, -0.2) is 4.57 Å². The van der Waals surface area contributed by atoms with Crippen molar-refractivity contribution in [2.75, 3.05) is 4.90 Å². The number of hydrogen-bond donors (Lipinski definition) is 0. The Kier molecular flexibility index (Phi) is 11.3. The van der Waals surface area contributed by atoms with Crippen LogP contribution in [0.1, 0.15) is 99.3 Å². The van der Waals surface area contributed by atoms with E-state index in [1.54, 1.807) is 0 Å². The number of para-hydroxylation sites is 1. The van der Waals surface area contributed by atoms with Crippen molar-refractivity contribution in [3.05, 3.63) is 253 Å². The third-order valence-electron chi connectivity index (χ3n) is 17.5. The Hall–Kier alpha value is -8.20. The van der Waals surface area contributed by atoms with Gasteiger partial charge < -0.3 is 9.47 Å². The molecule has 3 aliphatic carbocycles. The van der Waals surface area contributed by atoms with E-state index in [1.807, 2.05) is 0 Å². The van der Waals surface area contributed by atoms with Crippen LogP contribution in [0.2, 0.25) is 0 Å². The van der Waals surface area contributed by atoms with Crippen molar-refractivity contribution < 1.29 is 0 Å². The highest BCUT2D eigenvalue weighted by molar-refractivity contribution is 6.10. The molecule has 2 heteroatoms. The predicted molar refractivity (Wildman–Crippen MR) is 317 cm³/mol. The minimum absolute atomic E-state index is 0.142. The van der Waals surface area contributed by atoms with Crippen LogP contribution in [0.5, 0.6) is 0 Å². The summed E-state index contributed by atoms with van der Waals surface area (Å²) in [6.07, 6.45) is 10.7. The number of fused-ring (bicyclic) bond motifs is 6. The molecule has 0 saturated heterocycles. The van der Waals surface area contributed by atoms with E-state index in [0.717, 1.165) is 17.1 Å². The fraction of sp³-hybridized carbons (Fsp3) is 0.178. The van der Waals surface area contributed by atoms with Gasteiger partial charge in [-0.1, -0.05) is 209 Å². The third kappa shape index (κ3) is 7.93. The van der Waals surface area contributed by atoms with E-state index in [9.17, 15) is 0 Å². The Bertz CT molecular complexity index is 3750. The van der Waals surface area contributed by atoms with E-state index >= 15 is 0 Å². The largest absolute Gasteiger partial charge is 0.309 e. The number of hydrogen-bond acceptors (Lipinski definition) is 1. The number of nitrogens with zero attached hydrogens (tertiary/aromatic N) is 2. The van der Waals surface area contributed by atoms with Gasteiger partial charge in [-0.2, -0.15) is 0 Å². The fourth-order valence-electron chi connectivity index (χ4n) is 13.5. The monoisotopic (exact) mass is 966 g/mol. The maximum atomic E-state index is 2.54. The molecule has 1 aromatic heterocycles. The highest BCUT2D eigenvalue weighted by Gasteiger charge is 2.36. The van der Waals surface area contributed by atoms with Crippen LogP contribution < -0.4 is 4.90 Å². The molecule has 0 N–H and O–H groups in total. The molecule has 2 saturated carbocycles. The summed E-state index contributed by atoms with van der Waals surface area (Å²) < 4.78 is 2.51. The molecule has 75 heavy (non-hydrogen) atoms. The molecule has 3 aliphatic rings. The zero-order chi connectivity index (χ0) is 50.0. The average molecular weight is 967 g/mol. The quantitative estimate of drug-likeness (QED) is 0.133. The first kappa shape index (κ1) is 45.4. The Morgan fingerprint density at radius 2 is 0.800 bits per heavy atom. The van der Waals surface area contributed by atoms with E-state index in [1.165, 1.54) is 157 Å². The SMILES string of the molecule is CC1(C)c2ccccc2-c2ccc(N(c3ccc(-c4ccc(-c5ccc(-n6c7ccc(C8CCCC8)cc7c7cc(C8CCCC8)ccc76)cc5)cc4)cc3)c3c(-c4ccccc4)cccc3-c3ccccc3)cc21. The summed E-state index contributed by atoms with van der Waals surface area (Å²) in [6.45, 7) is 4.74. The second-order valence-corrected chi connectivity index (χ2v) is 22.2. The summed E-state index contributed by atoms with van der Waals surface area (Å²) >= 11 is 0. The van der Waals surface area contributed by atoms with Crippen molar-refractivity contribution >= 4 is 38.9 Å². The van der Waals surface area contributed by atoms with Gasteiger partial charge in [0.05, 0.1) is 16.7 Å². The van der Waals surface area contributed by atoms with Gasteiger partial charge in [-0.25, -0.2) is 0 Å². The number of rotatable bonds is 10. The van der Waals surface area contributed by atoms with Crippen molar-refractivity contribution in [3.63, 3.8) is 0 Å². The predicted octanol–water partition coefficient (Wildman–Crippen LogP) is 20.5. The standard InChI is InChI=1S/C73H62N2/c1-73(2)68-27-14-13-24-64(68)65-43-42-61(48-69(65)73)74(72-62(55-20-5-3-6-21-55)25-15-26-63(72)56-22-7-4-8-23-56)59-38-32-53(33-39-59)51-28-30-52(31-29-51)54-34-40-60(41-35-54)75-70-44-36-57(49-16-9-10-17-49)46-66(70)67-47-58(37-45-71(67)75)50-18-11-12-19-50/h3-8,13-15,20-50H,9-12,16-19H2,1-2H3. The molecule has 0 radical (unpaired) electrons. The Morgan fingerprint density at radius 3 is 1.33 bits per heavy atom. The normalized spacial score (nSPS) is 15.2. The van der Waals surface area contributed by atoms with Gasteiger partial charge in [0.1, 0.15) is 0 Å². The van der Waals surface area contributed by atoms with Gasteiger partial charge in [-0.05, 0) is 165 Å². The van der Waals surface area contributed by atoms with Crippen LogP contribution >= 0.6 is 0 Å². The molecule has 1 heterocycles. The molecule has 0 amide bonds. The molecule has 0 unspecified atom stereocenters. The molecule has 0 aliphatic heterocycles. The smallest absolute Gasteiger partial charge is 0.0618 e. The molecule has 14 rings (SSSR count). The Labute approximate surface area is 442 Å². The summed E-state index contributed by atoms with van der Waals surface area (Å²) in [4.78, 5) is 2.50. The van der Waals surface area contributed by atoms with Gasteiger partial charge >= 0.3 is 0 Å². The molecule has 364 valence electrons. The van der Waals surface area contributed by atoms with Crippen molar-refractivity contribution in [2.45, 2.75) is 82.5 Å². The lowest BCUT2D eigenvalue weighted by molar-refractivity contribution is 0.660. The maximum absolute atomic E-state index is 2.54. The van der Waals surface area contributed by atoms with E-state index in [4.69, 9.17) is 0 Å². The van der Waals surface area contributed by atoms with E-state index in [2.05, 4.69) is 254 Å². The summed E-state index contributed by atoms with van der Waals surface area (Å²) in [5.74, 6) is 1.38. The molecule has 0 atom stereocenters. The highest BCUT2D eigenvalue weighted by Crippen LogP contribution is 2.53. The average Bonchev–Trinajstić information content (AvgIpc) is 4.31. The summed E-state index contributed by atoms with van der Waals surface area (Å²) in [5.41, 5.74) is 25.1. The molecule has 11 aromatic rings. The molecule has 0 spiro atoms. The van der Waals surface area contributed by atoms with Crippen LogP contribution in [0.4, 0.5) is 17.1 Å². The van der Waals surface area contributed by atoms with Crippen LogP contribution in [0.25, 0.3) is 83.1 Å². The fourth-order valence-corrected chi connectivity index (χ4v) is 13.5. The van der Waals surface area contributed by atoms with Crippen LogP contribution in [0.3, 0.4) is 0 Å². The first-order valence-corrected chi connectivity index (χ1v) is 27.6. The van der Waals surface area contributed by atoms with Crippen LogP contribution in [0, 0.1) is 0 Å². The summed E-state index contributed by atoms with van der Waals surface area (Å²) in [5, 5.41) is 2.81. The molecule has 2 fully saturated rings. The topological polar surface area (TPSA) is 8.17 Å². The van der Waals surface area contributed by atoms with E-state index < -0.39 is 0 Å². The highest BCUT2D eigenvalue weighted by atomic mass is 15.1. The zero-order valence-corrected chi connectivity index (χ0v) is 43.1. The van der Waals surface area contributed by atoms with Crippen molar-refractivity contribution in [2.24, 2.45) is 0 Å². The molecular weight excluding hydrogens is 905 g/mol. The lowest BCUT2D eigenvalue weighted by Crippen LogP contribution is -2.17. The van der Waals surface area contributed by atoms with E-state index in [0.29, 0.717) is 11.8 Å². The molecule has 0 bridgehead atoms. The van der Waals surface area contributed by atoms with Crippen molar-refractivity contribution in [1.29, 1.82) is 0 Å². The lowest BCUT2D eigenvalue weighted by atomic mass is 9.82. The number of benzene rings is 10. The number of aromatic nitrogens is 1. The van der Waals surface area contributed by atoms with Crippen molar-refractivity contribution in [3.8, 4) is 61.3 Å². The minimum atomic E-state index is -0.142.